The third-order valence-electron chi connectivity index (χ3n) is 0. The van der Waals surface area contributed by atoms with Crippen LogP contribution in [0.4, 0.5) is 0 Å². The number of rotatable bonds is 0. The molecule has 0 saturated carbocycles. The topological polar surface area (TPSA) is 211 Å². The van der Waals surface area contributed by atoms with E-state index in [9.17, 15) is 0 Å². The molecule has 0 aromatic carbocycles. The Balaban J connectivity index is -0.0000000104. The van der Waals surface area contributed by atoms with E-state index in [-0.39, 0.29) is 52.9 Å². The molecule has 0 radical (unpaired) electrons. The van der Waals surface area contributed by atoms with Gasteiger partial charge in [-0.25, -0.2) is 4.57 Å². The first kappa shape index (κ1) is 29.4. The maximum absolute atomic E-state index is 8.88. The molecule has 12 heteroatoms. The van der Waals surface area contributed by atoms with Crippen LogP contribution < -0.4 is 12.3 Å². The fourth-order valence-electron chi connectivity index (χ4n) is 0. The fourth-order valence-corrected chi connectivity index (χ4v) is 0. The van der Waals surface area contributed by atoms with Crippen LogP contribution in [0, 0.1) is 10.1 Å². The van der Waals surface area contributed by atoms with Gasteiger partial charge in [-0.1, -0.05) is 0 Å². The SMILES string of the molecule is N.N.O=P(O)(O)O.O=[N+]([O-])O.[Ca+2].[H-].[H-]. The van der Waals surface area contributed by atoms with E-state index in [0.29, 0.717) is 0 Å². The van der Waals surface area contributed by atoms with E-state index < -0.39 is 12.9 Å². The largest absolute Gasteiger partial charge is 2.00 e. The van der Waals surface area contributed by atoms with E-state index in [1.807, 2.05) is 0 Å². The van der Waals surface area contributed by atoms with Gasteiger partial charge in [0.05, 0.1) is 0 Å². The molecule has 0 bridgehead atoms. The van der Waals surface area contributed by atoms with Gasteiger partial charge in [0.1, 0.15) is 0 Å². The van der Waals surface area contributed by atoms with Crippen molar-refractivity contribution in [1.82, 2.24) is 12.3 Å². The van der Waals surface area contributed by atoms with Crippen LogP contribution in [-0.2, 0) is 4.57 Å². The van der Waals surface area contributed by atoms with Crippen LogP contribution in [-0.4, -0.2) is 62.7 Å². The van der Waals surface area contributed by atoms with Gasteiger partial charge >= 0.3 is 45.6 Å². The van der Waals surface area contributed by atoms with E-state index in [1.54, 1.807) is 0 Å². The normalized spacial score (nSPS) is 6.92. The summed E-state index contributed by atoms with van der Waals surface area (Å²) in [4.78, 5) is 29.9. The predicted octanol–water partition coefficient (Wildman–Crippen LogP) is -1.11. The molecule has 12 heavy (non-hydrogen) atoms. The van der Waals surface area contributed by atoms with E-state index in [2.05, 4.69) is 0 Å². The Kier molecular flexibility index (Phi) is 34.4. The van der Waals surface area contributed by atoms with Gasteiger partial charge in [-0.2, -0.15) is 0 Å². The molecule has 10 N–H and O–H groups in total. The molecule has 0 aliphatic carbocycles. The summed E-state index contributed by atoms with van der Waals surface area (Å²) in [5.41, 5.74) is 0. The summed E-state index contributed by atoms with van der Waals surface area (Å²) in [6, 6.07) is 0. The summed E-state index contributed by atoms with van der Waals surface area (Å²) >= 11 is 0. The standard InChI is InChI=1S/Ca.HNO3.2H3N.H3O4P.2H/c;2-1(3)4;;;1-5(2,3)4;;/h;(H,2,3,4);2*1H3;(H3,1,2,3,4);;/q+2;;;;;2*-1. The molecule has 0 atom stereocenters. The Bertz CT molecular complexity index is 127. The molecule has 0 spiro atoms. The second-order valence-electron chi connectivity index (χ2n) is 0.751. The molecule has 76 valence electrons. The van der Waals surface area contributed by atoms with Gasteiger partial charge in [0.25, 0.3) is 5.09 Å². The van der Waals surface area contributed by atoms with Crippen LogP contribution in [0.25, 0.3) is 0 Å². The van der Waals surface area contributed by atoms with Crippen molar-refractivity contribution in [2.24, 2.45) is 0 Å². The molecule has 0 aliphatic heterocycles. The second kappa shape index (κ2) is 14.0. The molecular weight excluding hydrogens is 225 g/mol. The quantitative estimate of drug-likeness (QED) is 0.130. The Morgan fingerprint density at radius 2 is 1.25 bits per heavy atom. The summed E-state index contributed by atoms with van der Waals surface area (Å²) in [7, 11) is -4.64. The minimum atomic E-state index is -4.64. The summed E-state index contributed by atoms with van der Waals surface area (Å²) < 4.78 is 8.88. The molecule has 0 aliphatic rings. The number of nitrogens with zero attached hydrogens (tertiary/aromatic N) is 1. The summed E-state index contributed by atoms with van der Waals surface area (Å²) in [6.07, 6.45) is 0. The first-order chi connectivity index (χ1) is 3.73. The number of hydrogen-bond donors (Lipinski definition) is 6. The molecule has 0 unspecified atom stereocenters. The molecule has 0 amide bonds. The first-order valence-corrected chi connectivity index (χ1v) is 2.91. The molecule has 0 aromatic heterocycles. The smallest absolute Gasteiger partial charge is 1.00 e. The van der Waals surface area contributed by atoms with E-state index in [1.165, 1.54) is 0 Å². The molecule has 10 nitrogen and oxygen atoms in total. The molecular formula is H12CaN3O7P. The van der Waals surface area contributed by atoms with Gasteiger partial charge in [-0.3, -0.25) is 0 Å². The van der Waals surface area contributed by atoms with Crippen LogP contribution in [0.1, 0.15) is 2.85 Å². The summed E-state index contributed by atoms with van der Waals surface area (Å²) in [6.45, 7) is 0. The van der Waals surface area contributed by atoms with E-state index >= 15 is 0 Å². The number of phosphoric acid groups is 1. The van der Waals surface area contributed by atoms with Crippen LogP contribution in [0.5, 0.6) is 0 Å². The predicted molar refractivity (Wildman–Crippen MR) is 41.1 cm³/mol. The van der Waals surface area contributed by atoms with Crippen molar-refractivity contribution in [1.29, 1.82) is 0 Å². The maximum Gasteiger partial charge on any atom is 2.00 e. The third-order valence-corrected chi connectivity index (χ3v) is 0. The fraction of sp³-hybridized carbons (Fsp3) is 0. The zero-order valence-electron chi connectivity index (χ0n) is 8.03. The van der Waals surface area contributed by atoms with Crippen molar-refractivity contribution in [2.45, 2.75) is 0 Å². The van der Waals surface area contributed by atoms with Crippen molar-refractivity contribution in [3.05, 3.63) is 10.1 Å². The molecule has 0 saturated heterocycles. The zero-order chi connectivity index (χ0) is 8.08. The van der Waals surface area contributed by atoms with Crippen molar-refractivity contribution in [3.8, 4) is 0 Å². The van der Waals surface area contributed by atoms with Gasteiger partial charge < -0.3 is 35.0 Å². The molecule has 0 aromatic rings. The van der Waals surface area contributed by atoms with Crippen molar-refractivity contribution in [3.63, 3.8) is 0 Å². The Hall–Kier alpha value is 0.490. The summed E-state index contributed by atoms with van der Waals surface area (Å²) in [5, 5.41) is 13.6. The van der Waals surface area contributed by atoms with Gasteiger partial charge in [0.15, 0.2) is 0 Å². The minimum absolute atomic E-state index is 0. The van der Waals surface area contributed by atoms with Crippen LogP contribution in [0.3, 0.4) is 0 Å². The van der Waals surface area contributed by atoms with Gasteiger partial charge in [0, 0.05) is 0 Å². The van der Waals surface area contributed by atoms with Gasteiger partial charge in [0.2, 0.25) is 0 Å². The monoisotopic (exact) mass is 237 g/mol. The van der Waals surface area contributed by atoms with E-state index in [4.69, 9.17) is 34.6 Å². The van der Waals surface area contributed by atoms with Crippen molar-refractivity contribution >= 4 is 45.6 Å². The maximum atomic E-state index is 8.88. The third kappa shape index (κ3) is 3940. The van der Waals surface area contributed by atoms with Gasteiger partial charge in [-0.05, 0) is 0 Å². The zero-order valence-corrected chi connectivity index (χ0v) is 9.13. The van der Waals surface area contributed by atoms with Crippen LogP contribution in [0.15, 0.2) is 0 Å². The van der Waals surface area contributed by atoms with Gasteiger partial charge in [-0.15, -0.1) is 10.1 Å². The van der Waals surface area contributed by atoms with Crippen molar-refractivity contribution < 1.29 is 32.4 Å². The van der Waals surface area contributed by atoms with Crippen molar-refractivity contribution in [2.75, 3.05) is 0 Å². The Morgan fingerprint density at radius 3 is 1.25 bits per heavy atom. The molecule has 0 fully saturated rings. The second-order valence-corrected chi connectivity index (χ2v) is 1.78. The summed E-state index contributed by atoms with van der Waals surface area (Å²) in [5.74, 6) is 0. The molecule has 0 heterocycles. The average molecular weight is 237 g/mol. The Morgan fingerprint density at radius 1 is 1.25 bits per heavy atom. The molecule has 0 rings (SSSR count). The first-order valence-electron chi connectivity index (χ1n) is 1.35. The average Bonchev–Trinajstić information content (AvgIpc) is 1.19. The minimum Gasteiger partial charge on any atom is -1.00 e. The van der Waals surface area contributed by atoms with Crippen LogP contribution >= 0.6 is 7.82 Å². The van der Waals surface area contributed by atoms with E-state index in [0.717, 1.165) is 0 Å². The number of hydrogen-bond acceptors (Lipinski definition) is 5. The Labute approximate surface area is 100 Å². The van der Waals surface area contributed by atoms with Crippen LogP contribution in [0.2, 0.25) is 0 Å².